The van der Waals surface area contributed by atoms with Crippen LogP contribution in [0.25, 0.3) is 0 Å². The van der Waals surface area contributed by atoms with E-state index in [0.717, 1.165) is 5.56 Å². The SMILES string of the molecule is O=C(CCc1ccc(Cl)cc1)NCCNC(=O)c1ccccc1Cl. The molecule has 0 spiro atoms. The van der Waals surface area contributed by atoms with E-state index in [1.807, 2.05) is 12.1 Å². The molecule has 2 aromatic carbocycles. The Morgan fingerprint density at radius 3 is 2.25 bits per heavy atom. The Morgan fingerprint density at radius 2 is 1.54 bits per heavy atom. The van der Waals surface area contributed by atoms with Crippen molar-refractivity contribution in [1.29, 1.82) is 0 Å². The minimum atomic E-state index is -0.254. The normalized spacial score (nSPS) is 10.2. The van der Waals surface area contributed by atoms with Crippen LogP contribution in [0.2, 0.25) is 10.0 Å². The van der Waals surface area contributed by atoms with E-state index < -0.39 is 0 Å². The number of benzene rings is 2. The first-order chi connectivity index (χ1) is 11.6. The lowest BCUT2D eigenvalue weighted by molar-refractivity contribution is -0.121. The summed E-state index contributed by atoms with van der Waals surface area (Å²) in [6.45, 7) is 0.715. The summed E-state index contributed by atoms with van der Waals surface area (Å²) in [7, 11) is 0. The van der Waals surface area contributed by atoms with Gasteiger partial charge in [0.15, 0.2) is 0 Å². The lowest BCUT2D eigenvalue weighted by atomic mass is 10.1. The topological polar surface area (TPSA) is 58.2 Å². The van der Waals surface area contributed by atoms with Gasteiger partial charge in [-0.1, -0.05) is 47.5 Å². The maximum absolute atomic E-state index is 11.9. The molecule has 0 aromatic heterocycles. The van der Waals surface area contributed by atoms with Gasteiger partial charge in [-0.2, -0.15) is 0 Å². The standard InChI is InChI=1S/C18H18Cl2N2O2/c19-14-8-5-13(6-9-14)7-10-17(23)21-11-12-22-18(24)15-3-1-2-4-16(15)20/h1-6,8-9H,7,10-12H2,(H,21,23)(H,22,24). The Hall–Kier alpha value is -2.04. The van der Waals surface area contributed by atoms with Crippen LogP contribution in [0.1, 0.15) is 22.3 Å². The Labute approximate surface area is 151 Å². The van der Waals surface area contributed by atoms with E-state index in [0.29, 0.717) is 41.5 Å². The summed E-state index contributed by atoms with van der Waals surface area (Å²) in [6, 6.07) is 14.2. The molecule has 0 heterocycles. The number of rotatable bonds is 7. The maximum Gasteiger partial charge on any atom is 0.252 e. The van der Waals surface area contributed by atoms with Gasteiger partial charge >= 0.3 is 0 Å². The number of hydrogen-bond acceptors (Lipinski definition) is 2. The molecule has 0 fully saturated rings. The number of halogens is 2. The second-order valence-corrected chi connectivity index (χ2v) is 6.06. The summed E-state index contributed by atoms with van der Waals surface area (Å²) in [6.07, 6.45) is 1.04. The molecule has 0 bridgehead atoms. The van der Waals surface area contributed by atoms with Gasteiger partial charge in [0.2, 0.25) is 5.91 Å². The van der Waals surface area contributed by atoms with Crippen LogP contribution in [0.3, 0.4) is 0 Å². The number of amides is 2. The van der Waals surface area contributed by atoms with Crippen molar-refractivity contribution < 1.29 is 9.59 Å². The molecule has 6 heteroatoms. The van der Waals surface area contributed by atoms with Gasteiger partial charge < -0.3 is 10.6 Å². The zero-order valence-electron chi connectivity index (χ0n) is 13.0. The molecule has 126 valence electrons. The Morgan fingerprint density at radius 1 is 0.875 bits per heavy atom. The molecule has 0 aliphatic rings. The molecule has 0 aliphatic carbocycles. The zero-order valence-corrected chi connectivity index (χ0v) is 14.5. The van der Waals surface area contributed by atoms with Crippen LogP contribution < -0.4 is 10.6 Å². The molecule has 0 atom stereocenters. The summed E-state index contributed by atoms with van der Waals surface area (Å²) >= 11 is 11.8. The highest BCUT2D eigenvalue weighted by molar-refractivity contribution is 6.33. The van der Waals surface area contributed by atoms with Crippen LogP contribution in [0.5, 0.6) is 0 Å². The van der Waals surface area contributed by atoms with Gasteiger partial charge in [-0.15, -0.1) is 0 Å². The Balaban J connectivity index is 1.65. The maximum atomic E-state index is 11.9. The van der Waals surface area contributed by atoms with Crippen molar-refractivity contribution in [3.63, 3.8) is 0 Å². The molecule has 0 saturated carbocycles. The average molecular weight is 365 g/mol. The third-order valence-electron chi connectivity index (χ3n) is 3.41. The number of hydrogen-bond donors (Lipinski definition) is 2. The summed E-state index contributed by atoms with van der Waals surface area (Å²) < 4.78 is 0. The first-order valence-corrected chi connectivity index (χ1v) is 8.36. The van der Waals surface area contributed by atoms with Crippen molar-refractivity contribution in [3.05, 3.63) is 69.7 Å². The molecule has 24 heavy (non-hydrogen) atoms. The van der Waals surface area contributed by atoms with Crippen LogP contribution >= 0.6 is 23.2 Å². The van der Waals surface area contributed by atoms with E-state index in [4.69, 9.17) is 23.2 Å². The minimum Gasteiger partial charge on any atom is -0.354 e. The van der Waals surface area contributed by atoms with E-state index in [-0.39, 0.29) is 11.8 Å². The van der Waals surface area contributed by atoms with Crippen molar-refractivity contribution >= 4 is 35.0 Å². The number of aryl methyl sites for hydroxylation is 1. The fraction of sp³-hybridized carbons (Fsp3) is 0.222. The molecule has 0 unspecified atom stereocenters. The van der Waals surface area contributed by atoms with E-state index in [2.05, 4.69) is 10.6 Å². The monoisotopic (exact) mass is 364 g/mol. The molecule has 2 amide bonds. The summed E-state index contributed by atoms with van der Waals surface area (Å²) in [5, 5.41) is 6.58. The molecule has 0 saturated heterocycles. The highest BCUT2D eigenvalue weighted by Gasteiger charge is 2.08. The summed E-state index contributed by atoms with van der Waals surface area (Å²) in [5.74, 6) is -0.312. The fourth-order valence-electron chi connectivity index (χ4n) is 2.12. The van der Waals surface area contributed by atoms with Crippen LogP contribution in [0.15, 0.2) is 48.5 Å². The first kappa shape index (κ1) is 18.3. The molecule has 2 rings (SSSR count). The zero-order chi connectivity index (χ0) is 17.4. The third-order valence-corrected chi connectivity index (χ3v) is 3.99. The lowest BCUT2D eigenvalue weighted by Gasteiger charge is -2.08. The summed E-state index contributed by atoms with van der Waals surface area (Å²) in [4.78, 5) is 23.7. The lowest BCUT2D eigenvalue weighted by Crippen LogP contribution is -2.34. The number of nitrogens with one attached hydrogen (secondary N) is 2. The second-order valence-electron chi connectivity index (χ2n) is 5.21. The quantitative estimate of drug-likeness (QED) is 0.739. The van der Waals surface area contributed by atoms with Crippen LogP contribution in [-0.2, 0) is 11.2 Å². The van der Waals surface area contributed by atoms with Crippen molar-refractivity contribution in [2.75, 3.05) is 13.1 Å². The highest BCUT2D eigenvalue weighted by atomic mass is 35.5. The predicted molar refractivity (Wildman–Crippen MR) is 96.6 cm³/mol. The van der Waals surface area contributed by atoms with Gasteiger partial charge in [-0.25, -0.2) is 0 Å². The molecular weight excluding hydrogens is 347 g/mol. The molecular formula is C18H18Cl2N2O2. The molecule has 2 aromatic rings. The summed E-state index contributed by atoms with van der Waals surface area (Å²) in [5.41, 5.74) is 1.48. The number of carbonyl (C=O) groups is 2. The van der Waals surface area contributed by atoms with Crippen molar-refractivity contribution in [2.45, 2.75) is 12.8 Å². The third kappa shape index (κ3) is 5.87. The van der Waals surface area contributed by atoms with Gasteiger partial charge in [0.1, 0.15) is 0 Å². The first-order valence-electron chi connectivity index (χ1n) is 7.60. The average Bonchev–Trinajstić information content (AvgIpc) is 2.58. The van der Waals surface area contributed by atoms with E-state index in [1.54, 1.807) is 36.4 Å². The second kappa shape index (κ2) is 9.30. The van der Waals surface area contributed by atoms with Gasteiger partial charge in [-0.3, -0.25) is 9.59 Å². The number of carbonyl (C=O) groups excluding carboxylic acids is 2. The largest absolute Gasteiger partial charge is 0.354 e. The fourth-order valence-corrected chi connectivity index (χ4v) is 2.46. The van der Waals surface area contributed by atoms with Crippen LogP contribution in [-0.4, -0.2) is 24.9 Å². The Bertz CT molecular complexity index is 702. The van der Waals surface area contributed by atoms with Crippen molar-refractivity contribution in [1.82, 2.24) is 10.6 Å². The van der Waals surface area contributed by atoms with Crippen molar-refractivity contribution in [2.24, 2.45) is 0 Å². The molecule has 4 nitrogen and oxygen atoms in total. The van der Waals surface area contributed by atoms with E-state index in [1.165, 1.54) is 0 Å². The van der Waals surface area contributed by atoms with Gasteiger partial charge in [0.25, 0.3) is 5.91 Å². The van der Waals surface area contributed by atoms with E-state index in [9.17, 15) is 9.59 Å². The smallest absolute Gasteiger partial charge is 0.252 e. The predicted octanol–water partition coefficient (Wildman–Crippen LogP) is 3.47. The van der Waals surface area contributed by atoms with Crippen molar-refractivity contribution in [3.8, 4) is 0 Å². The molecule has 0 aliphatic heterocycles. The van der Waals surface area contributed by atoms with Crippen LogP contribution in [0.4, 0.5) is 0 Å². The van der Waals surface area contributed by atoms with Crippen LogP contribution in [0, 0.1) is 0 Å². The van der Waals surface area contributed by atoms with Gasteiger partial charge in [0, 0.05) is 24.5 Å². The molecule has 2 N–H and O–H groups in total. The van der Waals surface area contributed by atoms with E-state index >= 15 is 0 Å². The van der Waals surface area contributed by atoms with Gasteiger partial charge in [0.05, 0.1) is 10.6 Å². The Kier molecular flexibility index (Phi) is 7.09. The highest BCUT2D eigenvalue weighted by Crippen LogP contribution is 2.14. The molecule has 0 radical (unpaired) electrons. The minimum absolute atomic E-state index is 0.0584. The van der Waals surface area contributed by atoms with Gasteiger partial charge in [-0.05, 0) is 36.2 Å².